The molecule has 0 radical (unpaired) electrons. The van der Waals surface area contributed by atoms with Crippen molar-refractivity contribution in [1.82, 2.24) is 19.9 Å². The zero-order chi connectivity index (χ0) is 22.1. The second-order valence-electron chi connectivity index (χ2n) is 8.40. The van der Waals surface area contributed by atoms with Crippen LogP contribution in [0.3, 0.4) is 0 Å². The Labute approximate surface area is 191 Å². The predicted molar refractivity (Wildman–Crippen MR) is 128 cm³/mol. The zero-order valence-corrected chi connectivity index (χ0v) is 19.8. The van der Waals surface area contributed by atoms with Gasteiger partial charge in [0.1, 0.15) is 0 Å². The number of nitrogens with zero attached hydrogens (tertiary/aromatic N) is 6. The van der Waals surface area contributed by atoms with E-state index in [1.54, 1.807) is 18.2 Å². The largest absolute Gasteiger partial charge is 0.341 e. The van der Waals surface area contributed by atoms with Gasteiger partial charge in [0, 0.05) is 32.4 Å². The summed E-state index contributed by atoms with van der Waals surface area (Å²) >= 11 is 1.39. The lowest BCUT2D eigenvalue weighted by Gasteiger charge is -2.30. The second kappa shape index (κ2) is 8.78. The summed E-state index contributed by atoms with van der Waals surface area (Å²) in [5.74, 6) is 1.90. The van der Waals surface area contributed by atoms with Gasteiger partial charge in [0.2, 0.25) is 17.8 Å². The highest BCUT2D eigenvalue weighted by atomic mass is 32.2. The van der Waals surface area contributed by atoms with Gasteiger partial charge in [-0.25, -0.2) is 13.4 Å². The number of anilines is 4. The van der Waals surface area contributed by atoms with Gasteiger partial charge in [-0.1, -0.05) is 11.3 Å². The van der Waals surface area contributed by atoms with E-state index in [0.717, 1.165) is 62.1 Å². The number of nitrogens with one attached hydrogen (secondary N) is 1. The molecule has 2 saturated heterocycles. The Hall–Kier alpha value is -2.53. The van der Waals surface area contributed by atoms with Crippen LogP contribution < -0.4 is 15.1 Å². The number of sulfone groups is 1. The second-order valence-corrected chi connectivity index (χ2v) is 11.4. The fraction of sp³-hybridized carbons (Fsp3) is 0.524. The van der Waals surface area contributed by atoms with Crippen LogP contribution in [0.2, 0.25) is 0 Å². The lowest BCUT2D eigenvalue weighted by molar-refractivity contribution is 0.556. The summed E-state index contributed by atoms with van der Waals surface area (Å²) in [7, 11) is -3.27. The Morgan fingerprint density at radius 3 is 2.00 bits per heavy atom. The number of piperidine rings is 2. The molecule has 5 rings (SSSR count). The first kappa shape index (κ1) is 21.3. The molecule has 11 heteroatoms. The van der Waals surface area contributed by atoms with Crippen LogP contribution in [0.25, 0.3) is 10.2 Å². The molecule has 0 aliphatic carbocycles. The van der Waals surface area contributed by atoms with E-state index in [4.69, 9.17) is 15.0 Å². The summed E-state index contributed by atoms with van der Waals surface area (Å²) in [5, 5.41) is 3.88. The molecule has 0 atom stereocenters. The highest BCUT2D eigenvalue weighted by Crippen LogP contribution is 2.30. The summed E-state index contributed by atoms with van der Waals surface area (Å²) in [5.41, 5.74) is 0.742. The van der Waals surface area contributed by atoms with Crippen molar-refractivity contribution >= 4 is 54.4 Å². The van der Waals surface area contributed by atoms with Crippen molar-refractivity contribution in [3.8, 4) is 0 Å². The average Bonchev–Trinajstić information content (AvgIpc) is 3.21. The molecule has 0 saturated carbocycles. The van der Waals surface area contributed by atoms with E-state index in [-0.39, 0.29) is 0 Å². The van der Waals surface area contributed by atoms with Crippen LogP contribution in [-0.2, 0) is 9.84 Å². The minimum absolute atomic E-state index is 0.292. The van der Waals surface area contributed by atoms with Gasteiger partial charge in [0.15, 0.2) is 15.0 Å². The smallest absolute Gasteiger partial charge is 0.235 e. The van der Waals surface area contributed by atoms with Gasteiger partial charge < -0.3 is 9.80 Å². The number of benzene rings is 1. The normalized spacial score (nSPS) is 17.7. The monoisotopic (exact) mass is 473 g/mol. The molecule has 2 aliphatic heterocycles. The van der Waals surface area contributed by atoms with Crippen molar-refractivity contribution in [2.45, 2.75) is 43.4 Å². The van der Waals surface area contributed by atoms with Crippen LogP contribution in [0.4, 0.5) is 23.0 Å². The first-order valence-corrected chi connectivity index (χ1v) is 13.8. The Morgan fingerprint density at radius 1 is 0.844 bits per heavy atom. The molecule has 32 heavy (non-hydrogen) atoms. The molecular weight excluding hydrogens is 446 g/mol. The van der Waals surface area contributed by atoms with Gasteiger partial charge in [-0.2, -0.15) is 15.0 Å². The van der Waals surface area contributed by atoms with E-state index in [1.807, 2.05) is 0 Å². The number of aromatic nitrogens is 4. The molecular formula is C21H27N7O2S2. The van der Waals surface area contributed by atoms with E-state index >= 15 is 0 Å². The molecule has 0 unspecified atom stereocenters. The SMILES string of the molecule is CS(=O)(=O)c1ccc2nc(Nc3nc(N4CCCCC4)nc(N4CCCCC4)n3)sc2c1. The fourth-order valence-electron chi connectivity index (χ4n) is 4.17. The molecule has 2 fully saturated rings. The molecule has 2 aliphatic rings. The topological polar surface area (TPSA) is 104 Å². The molecule has 0 amide bonds. The van der Waals surface area contributed by atoms with Crippen LogP contribution in [0.1, 0.15) is 38.5 Å². The Kier molecular flexibility index (Phi) is 5.85. The molecule has 1 N–H and O–H groups in total. The third-order valence-corrected chi connectivity index (χ3v) is 7.94. The maximum absolute atomic E-state index is 11.9. The van der Waals surface area contributed by atoms with Gasteiger partial charge in [-0.15, -0.1) is 0 Å². The summed E-state index contributed by atoms with van der Waals surface area (Å²) in [6, 6.07) is 4.99. The standard InChI is InChI=1S/C21H27N7O2S2/c1-32(29,30)15-8-9-16-17(14-15)31-21(22-16)25-18-23-19(27-10-4-2-5-11-27)26-20(24-18)28-12-6-3-7-13-28/h8-9,14H,2-7,10-13H2,1H3,(H,22,23,24,25,26). The lowest BCUT2D eigenvalue weighted by atomic mass is 10.1. The number of fused-ring (bicyclic) bond motifs is 1. The van der Waals surface area contributed by atoms with Crippen molar-refractivity contribution in [3.63, 3.8) is 0 Å². The number of hydrogen-bond acceptors (Lipinski definition) is 10. The molecule has 0 bridgehead atoms. The van der Waals surface area contributed by atoms with Crippen LogP contribution in [0, 0.1) is 0 Å². The Morgan fingerprint density at radius 2 is 1.44 bits per heavy atom. The van der Waals surface area contributed by atoms with E-state index in [1.165, 1.54) is 30.4 Å². The summed E-state index contributed by atoms with van der Waals surface area (Å²) in [6.45, 7) is 3.83. The van der Waals surface area contributed by atoms with Crippen LogP contribution in [0.5, 0.6) is 0 Å². The first-order chi connectivity index (χ1) is 15.5. The minimum atomic E-state index is -3.27. The third-order valence-electron chi connectivity index (χ3n) is 5.90. The Balaban J connectivity index is 1.47. The summed E-state index contributed by atoms with van der Waals surface area (Å²) in [4.78, 5) is 23.6. The zero-order valence-electron chi connectivity index (χ0n) is 18.1. The van der Waals surface area contributed by atoms with Gasteiger partial charge in [-0.3, -0.25) is 5.32 Å². The van der Waals surface area contributed by atoms with Gasteiger partial charge in [0.05, 0.1) is 15.1 Å². The maximum Gasteiger partial charge on any atom is 0.235 e. The minimum Gasteiger partial charge on any atom is -0.341 e. The van der Waals surface area contributed by atoms with E-state index in [2.05, 4.69) is 20.1 Å². The fourth-order valence-corrected chi connectivity index (χ4v) is 5.79. The van der Waals surface area contributed by atoms with E-state index in [0.29, 0.717) is 27.9 Å². The molecule has 170 valence electrons. The van der Waals surface area contributed by atoms with Crippen molar-refractivity contribution < 1.29 is 8.42 Å². The van der Waals surface area contributed by atoms with Crippen LogP contribution in [-0.4, -0.2) is 60.8 Å². The first-order valence-electron chi connectivity index (χ1n) is 11.1. The maximum atomic E-state index is 11.9. The average molecular weight is 474 g/mol. The number of hydrogen-bond donors (Lipinski definition) is 1. The number of rotatable bonds is 5. The third kappa shape index (κ3) is 4.63. The highest BCUT2D eigenvalue weighted by Gasteiger charge is 2.21. The van der Waals surface area contributed by atoms with Crippen molar-refractivity contribution in [3.05, 3.63) is 18.2 Å². The summed E-state index contributed by atoms with van der Waals surface area (Å²) in [6.07, 6.45) is 8.28. The molecule has 4 heterocycles. The van der Waals surface area contributed by atoms with E-state index < -0.39 is 9.84 Å². The molecule has 3 aromatic rings. The predicted octanol–water partition coefficient (Wildman–Crippen LogP) is 3.61. The van der Waals surface area contributed by atoms with Crippen LogP contribution in [0.15, 0.2) is 23.1 Å². The molecule has 9 nitrogen and oxygen atoms in total. The highest BCUT2D eigenvalue weighted by molar-refractivity contribution is 7.90. The van der Waals surface area contributed by atoms with Gasteiger partial charge in [-0.05, 0) is 56.7 Å². The van der Waals surface area contributed by atoms with Crippen molar-refractivity contribution in [2.24, 2.45) is 0 Å². The van der Waals surface area contributed by atoms with Crippen LogP contribution >= 0.6 is 11.3 Å². The summed E-state index contributed by atoms with van der Waals surface area (Å²) < 4.78 is 24.6. The molecule has 1 aromatic carbocycles. The van der Waals surface area contributed by atoms with Crippen molar-refractivity contribution in [1.29, 1.82) is 0 Å². The Bertz CT molecular complexity index is 1180. The molecule has 0 spiro atoms. The number of thiazole rings is 1. The van der Waals surface area contributed by atoms with E-state index in [9.17, 15) is 8.42 Å². The quantitative estimate of drug-likeness (QED) is 0.595. The lowest BCUT2D eigenvalue weighted by Crippen LogP contribution is -2.34. The molecule has 2 aromatic heterocycles. The van der Waals surface area contributed by atoms with Gasteiger partial charge in [0.25, 0.3) is 0 Å². The van der Waals surface area contributed by atoms with Crippen molar-refractivity contribution in [2.75, 3.05) is 47.6 Å². The van der Waals surface area contributed by atoms with Gasteiger partial charge >= 0.3 is 0 Å².